The Labute approximate surface area is 184 Å². The van der Waals surface area contributed by atoms with E-state index in [9.17, 15) is 4.79 Å². The quantitative estimate of drug-likeness (QED) is 0.443. The average molecular weight is 434 g/mol. The number of methoxy groups -OCH3 is 1. The Morgan fingerprint density at radius 1 is 1.10 bits per heavy atom. The summed E-state index contributed by atoms with van der Waals surface area (Å²) >= 11 is 1.28. The highest BCUT2D eigenvalue weighted by atomic mass is 32.2. The maximum atomic E-state index is 12.3. The third kappa shape index (κ3) is 4.86. The lowest BCUT2D eigenvalue weighted by Crippen LogP contribution is -2.14. The maximum absolute atomic E-state index is 12.3. The van der Waals surface area contributed by atoms with Crippen molar-refractivity contribution < 1.29 is 9.53 Å². The Morgan fingerprint density at radius 2 is 1.90 bits per heavy atom. The molecule has 2 aromatic heterocycles. The molecule has 0 saturated carbocycles. The van der Waals surface area contributed by atoms with Gasteiger partial charge in [-0.2, -0.15) is 4.98 Å². The zero-order chi connectivity index (χ0) is 21.8. The molecule has 8 heteroatoms. The van der Waals surface area contributed by atoms with Gasteiger partial charge in [0.05, 0.1) is 12.9 Å². The molecule has 0 bridgehead atoms. The minimum Gasteiger partial charge on any atom is -0.497 e. The van der Waals surface area contributed by atoms with Crippen molar-refractivity contribution in [1.29, 1.82) is 0 Å². The molecule has 0 unspecified atom stereocenters. The van der Waals surface area contributed by atoms with E-state index in [0.29, 0.717) is 22.4 Å². The van der Waals surface area contributed by atoms with Crippen LogP contribution in [0.15, 0.2) is 59.8 Å². The number of aromatic nitrogens is 4. The van der Waals surface area contributed by atoms with Crippen LogP contribution in [0.5, 0.6) is 5.75 Å². The summed E-state index contributed by atoms with van der Waals surface area (Å²) in [7, 11) is 1.59. The number of hydrogen-bond donors (Lipinski definition) is 1. The second-order valence-electron chi connectivity index (χ2n) is 7.10. The summed E-state index contributed by atoms with van der Waals surface area (Å²) in [4.78, 5) is 21.4. The number of aryl methyl sites for hydroxylation is 2. The van der Waals surface area contributed by atoms with E-state index in [-0.39, 0.29) is 11.7 Å². The molecule has 0 radical (unpaired) electrons. The number of anilines is 1. The second-order valence-corrected chi connectivity index (χ2v) is 8.04. The molecule has 1 N–H and O–H groups in total. The molecule has 0 atom stereocenters. The summed E-state index contributed by atoms with van der Waals surface area (Å²) < 4.78 is 6.94. The van der Waals surface area contributed by atoms with E-state index in [1.165, 1.54) is 17.3 Å². The zero-order valence-corrected chi connectivity index (χ0v) is 18.4. The maximum Gasteiger partial charge on any atom is 0.253 e. The molecule has 7 nitrogen and oxygen atoms in total. The van der Waals surface area contributed by atoms with E-state index in [1.807, 2.05) is 50.2 Å². The Hall–Kier alpha value is -3.39. The number of carbonyl (C=O) groups excluding carboxylic acids is 1. The molecule has 0 fully saturated rings. The molecular formula is C23H23N5O2S. The normalized spacial score (nSPS) is 10.9. The van der Waals surface area contributed by atoms with Crippen LogP contribution in [0.2, 0.25) is 0 Å². The zero-order valence-electron chi connectivity index (χ0n) is 17.6. The highest BCUT2D eigenvalue weighted by Crippen LogP contribution is 2.21. The molecule has 1 amide bonds. The highest BCUT2D eigenvalue weighted by Gasteiger charge is 2.15. The first-order valence-corrected chi connectivity index (χ1v) is 10.9. The number of nitrogens with zero attached hydrogens (tertiary/aromatic N) is 4. The van der Waals surface area contributed by atoms with Gasteiger partial charge in [-0.1, -0.05) is 48.2 Å². The van der Waals surface area contributed by atoms with Gasteiger partial charge < -0.3 is 10.1 Å². The number of ether oxygens (including phenoxy) is 1. The Kier molecular flexibility index (Phi) is 6.18. The van der Waals surface area contributed by atoms with Crippen molar-refractivity contribution in [1.82, 2.24) is 19.6 Å². The minimum absolute atomic E-state index is 0.136. The van der Waals surface area contributed by atoms with Crippen LogP contribution in [0.25, 0.3) is 5.78 Å². The molecule has 0 saturated heterocycles. The lowest BCUT2D eigenvalue weighted by Gasteiger charge is -2.10. The molecule has 2 aromatic carbocycles. The number of nitrogens with one attached hydrogen (secondary N) is 1. The van der Waals surface area contributed by atoms with E-state index < -0.39 is 0 Å². The van der Waals surface area contributed by atoms with E-state index in [1.54, 1.807) is 17.7 Å². The predicted molar refractivity (Wildman–Crippen MR) is 122 cm³/mol. The van der Waals surface area contributed by atoms with E-state index in [4.69, 9.17) is 4.74 Å². The van der Waals surface area contributed by atoms with Gasteiger partial charge in [0.1, 0.15) is 5.75 Å². The summed E-state index contributed by atoms with van der Waals surface area (Å²) in [6.45, 7) is 4.02. The highest BCUT2D eigenvalue weighted by molar-refractivity contribution is 7.99. The first kappa shape index (κ1) is 20.9. The standard InChI is InChI=1S/C23H23N5O2S/c1-15-20(12-17-8-5-4-6-9-17)16(2)28-22(24-15)26-23(27-28)31-14-21(29)25-18-10-7-11-19(13-18)30-3/h4-11,13H,12,14H2,1-3H3,(H,25,29). The molecule has 158 valence electrons. The fraction of sp³-hybridized carbons (Fsp3) is 0.217. The Bertz CT molecular complexity index is 1220. The van der Waals surface area contributed by atoms with Gasteiger partial charge in [-0.25, -0.2) is 9.50 Å². The number of amides is 1. The molecule has 0 aliphatic rings. The third-order valence-corrected chi connectivity index (χ3v) is 5.78. The van der Waals surface area contributed by atoms with Gasteiger partial charge in [0.25, 0.3) is 5.78 Å². The van der Waals surface area contributed by atoms with Crippen molar-refractivity contribution in [3.63, 3.8) is 0 Å². The number of hydrogen-bond acceptors (Lipinski definition) is 6. The molecule has 0 aliphatic carbocycles. The molecule has 2 heterocycles. The van der Waals surface area contributed by atoms with Gasteiger partial charge in [-0.15, -0.1) is 5.10 Å². The van der Waals surface area contributed by atoms with Crippen LogP contribution in [-0.4, -0.2) is 38.4 Å². The van der Waals surface area contributed by atoms with Crippen molar-refractivity contribution in [2.24, 2.45) is 0 Å². The van der Waals surface area contributed by atoms with Crippen LogP contribution in [0.1, 0.15) is 22.5 Å². The monoisotopic (exact) mass is 433 g/mol. The number of rotatable bonds is 7. The number of benzene rings is 2. The van der Waals surface area contributed by atoms with Crippen molar-refractivity contribution >= 4 is 29.1 Å². The largest absolute Gasteiger partial charge is 0.497 e. The van der Waals surface area contributed by atoms with Crippen LogP contribution in [0.3, 0.4) is 0 Å². The average Bonchev–Trinajstić information content (AvgIpc) is 3.19. The van der Waals surface area contributed by atoms with Crippen LogP contribution in [-0.2, 0) is 11.2 Å². The van der Waals surface area contributed by atoms with Crippen LogP contribution < -0.4 is 10.1 Å². The fourth-order valence-electron chi connectivity index (χ4n) is 3.33. The number of fused-ring (bicyclic) bond motifs is 1. The van der Waals surface area contributed by atoms with Crippen LogP contribution in [0, 0.1) is 13.8 Å². The van der Waals surface area contributed by atoms with Gasteiger partial charge >= 0.3 is 0 Å². The van der Waals surface area contributed by atoms with E-state index in [2.05, 4.69) is 32.5 Å². The molecule has 31 heavy (non-hydrogen) atoms. The van der Waals surface area contributed by atoms with Gasteiger partial charge in [-0.3, -0.25) is 4.79 Å². The minimum atomic E-state index is -0.136. The smallest absolute Gasteiger partial charge is 0.253 e. The van der Waals surface area contributed by atoms with Crippen LogP contribution in [0.4, 0.5) is 5.69 Å². The Morgan fingerprint density at radius 3 is 2.68 bits per heavy atom. The fourth-order valence-corrected chi connectivity index (χ4v) is 3.95. The van der Waals surface area contributed by atoms with E-state index >= 15 is 0 Å². The summed E-state index contributed by atoms with van der Waals surface area (Å²) in [5.74, 6) is 1.30. The second kappa shape index (κ2) is 9.18. The van der Waals surface area contributed by atoms with Gasteiger partial charge in [0, 0.05) is 29.6 Å². The third-order valence-electron chi connectivity index (χ3n) is 4.94. The van der Waals surface area contributed by atoms with E-state index in [0.717, 1.165) is 23.4 Å². The summed E-state index contributed by atoms with van der Waals surface area (Å²) in [5, 5.41) is 7.95. The summed E-state index contributed by atoms with van der Waals surface area (Å²) in [5.41, 5.74) is 4.99. The van der Waals surface area contributed by atoms with Gasteiger partial charge in [0.2, 0.25) is 11.1 Å². The van der Waals surface area contributed by atoms with Crippen molar-refractivity contribution in [3.05, 3.63) is 77.1 Å². The SMILES string of the molecule is COc1cccc(NC(=O)CSc2nc3nc(C)c(Cc4ccccc4)c(C)n3n2)c1. The lowest BCUT2D eigenvalue weighted by atomic mass is 10.0. The number of carbonyl (C=O) groups is 1. The van der Waals surface area contributed by atoms with Crippen molar-refractivity contribution in [2.45, 2.75) is 25.4 Å². The summed E-state index contributed by atoms with van der Waals surface area (Å²) in [6, 6.07) is 17.5. The Balaban J connectivity index is 1.47. The first-order chi connectivity index (χ1) is 15.0. The number of thioether (sulfide) groups is 1. The van der Waals surface area contributed by atoms with Crippen molar-refractivity contribution in [2.75, 3.05) is 18.2 Å². The molecule has 4 rings (SSSR count). The van der Waals surface area contributed by atoms with Gasteiger partial charge in [-0.05, 0) is 37.1 Å². The lowest BCUT2D eigenvalue weighted by molar-refractivity contribution is -0.113. The van der Waals surface area contributed by atoms with Crippen molar-refractivity contribution in [3.8, 4) is 5.75 Å². The first-order valence-electron chi connectivity index (χ1n) is 9.87. The molecule has 0 spiro atoms. The predicted octanol–water partition coefficient (Wildman–Crippen LogP) is 4.07. The summed E-state index contributed by atoms with van der Waals surface area (Å²) in [6.07, 6.45) is 0.784. The van der Waals surface area contributed by atoms with Crippen LogP contribution >= 0.6 is 11.8 Å². The van der Waals surface area contributed by atoms with Gasteiger partial charge in [0.15, 0.2) is 0 Å². The molecule has 0 aliphatic heterocycles. The molecule has 4 aromatic rings. The topological polar surface area (TPSA) is 81.4 Å². The molecular weight excluding hydrogens is 410 g/mol.